The van der Waals surface area contributed by atoms with Crippen LogP contribution in [0.25, 0.3) is 0 Å². The predicted octanol–water partition coefficient (Wildman–Crippen LogP) is 5.24. The lowest BCUT2D eigenvalue weighted by Gasteiger charge is -2.21. The van der Waals surface area contributed by atoms with Crippen LogP contribution in [0, 0.1) is 0 Å². The smallest absolute Gasteiger partial charge is 0.0777 e. The highest BCUT2D eigenvalue weighted by atomic mass is 79.9. The molecule has 0 fully saturated rings. The summed E-state index contributed by atoms with van der Waals surface area (Å²) < 4.78 is 0.949. The molecule has 1 unspecified atom stereocenters. The van der Waals surface area contributed by atoms with Gasteiger partial charge in [0.25, 0.3) is 0 Å². The maximum Gasteiger partial charge on any atom is 0.0777 e. The summed E-state index contributed by atoms with van der Waals surface area (Å²) in [6.45, 7) is 2.99. The van der Waals surface area contributed by atoms with Crippen molar-refractivity contribution in [3.8, 4) is 0 Å². The van der Waals surface area contributed by atoms with E-state index in [2.05, 4.69) is 33.2 Å². The van der Waals surface area contributed by atoms with Crippen molar-refractivity contribution in [2.45, 2.75) is 19.4 Å². The van der Waals surface area contributed by atoms with E-state index >= 15 is 0 Å². The Morgan fingerprint density at radius 3 is 2.80 bits per heavy atom. The van der Waals surface area contributed by atoms with Gasteiger partial charge in [-0.1, -0.05) is 30.1 Å². The van der Waals surface area contributed by atoms with Crippen molar-refractivity contribution in [2.24, 2.45) is 0 Å². The van der Waals surface area contributed by atoms with Gasteiger partial charge in [0.2, 0.25) is 0 Å². The van der Waals surface area contributed by atoms with Crippen LogP contribution in [0.3, 0.4) is 0 Å². The molecule has 20 heavy (non-hydrogen) atoms. The lowest BCUT2D eigenvalue weighted by molar-refractivity contribution is 0.584. The zero-order chi connectivity index (χ0) is 14.5. The lowest BCUT2D eigenvalue weighted by atomic mass is 10.0. The molecule has 1 N–H and O–H groups in total. The van der Waals surface area contributed by atoms with Crippen molar-refractivity contribution in [1.82, 2.24) is 10.3 Å². The maximum atomic E-state index is 6.33. The van der Waals surface area contributed by atoms with Gasteiger partial charge in [0.15, 0.2) is 0 Å². The molecule has 2 rings (SSSR count). The Bertz CT molecular complexity index is 590. The first-order valence-electron chi connectivity index (χ1n) is 6.42. The minimum atomic E-state index is -0.0864. The second kappa shape index (κ2) is 7.41. The van der Waals surface area contributed by atoms with Crippen LogP contribution >= 0.6 is 39.1 Å². The molecule has 1 heterocycles. The molecule has 0 bridgehead atoms. The van der Waals surface area contributed by atoms with Crippen molar-refractivity contribution in [2.75, 3.05) is 6.54 Å². The quantitative estimate of drug-likeness (QED) is 0.775. The van der Waals surface area contributed by atoms with Gasteiger partial charge in [-0.3, -0.25) is 4.98 Å². The van der Waals surface area contributed by atoms with Crippen molar-refractivity contribution < 1.29 is 0 Å². The zero-order valence-corrected chi connectivity index (χ0v) is 14.1. The molecule has 1 aromatic carbocycles. The van der Waals surface area contributed by atoms with Gasteiger partial charge in [-0.15, -0.1) is 0 Å². The molecule has 0 saturated carbocycles. The molecule has 5 heteroatoms. The highest BCUT2D eigenvalue weighted by Gasteiger charge is 2.20. The van der Waals surface area contributed by atoms with E-state index in [-0.39, 0.29) is 6.04 Å². The van der Waals surface area contributed by atoms with Crippen LogP contribution in [-0.2, 0) is 0 Å². The predicted molar refractivity (Wildman–Crippen MR) is 88.5 cm³/mol. The van der Waals surface area contributed by atoms with E-state index in [4.69, 9.17) is 23.2 Å². The lowest BCUT2D eigenvalue weighted by Crippen LogP contribution is -2.24. The molecule has 0 aliphatic rings. The van der Waals surface area contributed by atoms with Crippen molar-refractivity contribution >= 4 is 39.1 Å². The molecule has 2 aromatic rings. The molecule has 1 atom stereocenters. The normalized spacial score (nSPS) is 12.4. The summed E-state index contributed by atoms with van der Waals surface area (Å²) in [5.41, 5.74) is 1.84. The zero-order valence-electron chi connectivity index (χ0n) is 11.0. The highest BCUT2D eigenvalue weighted by Crippen LogP contribution is 2.32. The van der Waals surface area contributed by atoms with Crippen LogP contribution < -0.4 is 5.32 Å². The van der Waals surface area contributed by atoms with E-state index in [0.29, 0.717) is 10.0 Å². The highest BCUT2D eigenvalue weighted by molar-refractivity contribution is 9.10. The fraction of sp³-hybridized carbons (Fsp3) is 0.267. The molecule has 2 nitrogen and oxygen atoms in total. The molecular weight excluding hydrogens is 359 g/mol. The average Bonchev–Trinajstić information content (AvgIpc) is 2.44. The van der Waals surface area contributed by atoms with Crippen molar-refractivity contribution in [3.63, 3.8) is 0 Å². The van der Waals surface area contributed by atoms with Gasteiger partial charge in [-0.05, 0) is 64.8 Å². The van der Waals surface area contributed by atoms with E-state index in [1.54, 1.807) is 12.3 Å². The van der Waals surface area contributed by atoms with Gasteiger partial charge in [-0.25, -0.2) is 0 Å². The third-order valence-electron chi connectivity index (χ3n) is 2.93. The minimum Gasteiger partial charge on any atom is -0.305 e. The Hall–Kier alpha value is -0.610. The number of hydrogen-bond donors (Lipinski definition) is 1. The van der Waals surface area contributed by atoms with Crippen molar-refractivity contribution in [3.05, 3.63) is 62.3 Å². The fourth-order valence-electron chi connectivity index (χ4n) is 1.99. The molecule has 0 radical (unpaired) electrons. The van der Waals surface area contributed by atoms with Crippen LogP contribution in [0.2, 0.25) is 10.0 Å². The van der Waals surface area contributed by atoms with Crippen LogP contribution in [-0.4, -0.2) is 11.5 Å². The summed E-state index contributed by atoms with van der Waals surface area (Å²) in [7, 11) is 0. The van der Waals surface area contributed by atoms with Gasteiger partial charge >= 0.3 is 0 Å². The first-order chi connectivity index (χ1) is 9.63. The van der Waals surface area contributed by atoms with Gasteiger partial charge in [0.05, 0.1) is 11.7 Å². The minimum absolute atomic E-state index is 0.0864. The molecular formula is C15H15BrCl2N2. The second-order valence-corrected chi connectivity index (χ2v) is 6.12. The number of hydrogen-bond acceptors (Lipinski definition) is 2. The van der Waals surface area contributed by atoms with Gasteiger partial charge in [0.1, 0.15) is 0 Å². The molecule has 1 aromatic heterocycles. The Morgan fingerprint density at radius 1 is 1.30 bits per heavy atom. The number of aromatic nitrogens is 1. The van der Waals surface area contributed by atoms with E-state index in [1.165, 1.54) is 0 Å². The van der Waals surface area contributed by atoms with E-state index < -0.39 is 0 Å². The van der Waals surface area contributed by atoms with Crippen molar-refractivity contribution in [1.29, 1.82) is 0 Å². The molecule has 106 valence electrons. The Morgan fingerprint density at radius 2 is 2.10 bits per heavy atom. The summed E-state index contributed by atoms with van der Waals surface area (Å²) in [5, 5.41) is 4.82. The maximum absolute atomic E-state index is 6.33. The SMILES string of the molecule is CCCNC(c1cc(Cl)ccc1Cl)c1ncccc1Br. The summed E-state index contributed by atoms with van der Waals surface area (Å²) >= 11 is 16.0. The Kier molecular flexibility index (Phi) is 5.85. The first-order valence-corrected chi connectivity index (χ1v) is 7.97. The topological polar surface area (TPSA) is 24.9 Å². The average molecular weight is 374 g/mol. The molecule has 0 aliphatic heterocycles. The van der Waals surface area contributed by atoms with Gasteiger partial charge in [0, 0.05) is 20.7 Å². The summed E-state index contributed by atoms with van der Waals surface area (Å²) in [6, 6.07) is 9.27. The summed E-state index contributed by atoms with van der Waals surface area (Å²) in [4.78, 5) is 4.47. The fourth-order valence-corrected chi connectivity index (χ4v) is 2.88. The van der Waals surface area contributed by atoms with E-state index in [1.807, 2.05) is 24.3 Å². The molecule has 0 saturated heterocycles. The molecule has 0 amide bonds. The van der Waals surface area contributed by atoms with Crippen LogP contribution in [0.1, 0.15) is 30.6 Å². The van der Waals surface area contributed by atoms with Crippen LogP contribution in [0.4, 0.5) is 0 Å². The van der Waals surface area contributed by atoms with Crippen LogP contribution in [0.15, 0.2) is 41.0 Å². The summed E-state index contributed by atoms with van der Waals surface area (Å²) in [5.74, 6) is 0. The molecule has 0 aliphatic carbocycles. The third kappa shape index (κ3) is 3.73. The standard InChI is InChI=1S/C15H15BrCl2N2/c1-2-7-19-14(15-12(16)4-3-8-20-15)11-9-10(17)5-6-13(11)18/h3-6,8-9,14,19H,2,7H2,1H3. The van der Waals surface area contributed by atoms with Crippen LogP contribution in [0.5, 0.6) is 0 Å². The number of nitrogens with zero attached hydrogens (tertiary/aromatic N) is 1. The Balaban J connectivity index is 2.47. The largest absolute Gasteiger partial charge is 0.305 e. The summed E-state index contributed by atoms with van der Waals surface area (Å²) in [6.07, 6.45) is 2.80. The third-order valence-corrected chi connectivity index (χ3v) is 4.18. The second-order valence-electron chi connectivity index (χ2n) is 4.42. The number of nitrogens with one attached hydrogen (secondary N) is 1. The number of rotatable bonds is 5. The first kappa shape index (κ1) is 15.8. The van der Waals surface area contributed by atoms with E-state index in [9.17, 15) is 0 Å². The monoisotopic (exact) mass is 372 g/mol. The number of benzene rings is 1. The van der Waals surface area contributed by atoms with E-state index in [0.717, 1.165) is 28.7 Å². The van der Waals surface area contributed by atoms with Gasteiger partial charge < -0.3 is 5.32 Å². The number of pyridine rings is 1. The molecule has 0 spiro atoms. The Labute approximate surface area is 137 Å². The van der Waals surface area contributed by atoms with Gasteiger partial charge in [-0.2, -0.15) is 0 Å². The number of halogens is 3.